The van der Waals surface area contributed by atoms with E-state index in [1.807, 2.05) is 73.8 Å². The van der Waals surface area contributed by atoms with Crippen molar-refractivity contribution >= 4 is 34.0 Å². The van der Waals surface area contributed by atoms with Crippen LogP contribution in [-0.2, 0) is 9.63 Å². The number of anilines is 2. The van der Waals surface area contributed by atoms with Crippen LogP contribution in [0.4, 0.5) is 20.2 Å². The number of rotatable bonds is 5. The molecule has 3 heterocycles. The second-order valence-corrected chi connectivity index (χ2v) is 11.1. The smallest absolute Gasteiger partial charge is 0.227 e. The van der Waals surface area contributed by atoms with Gasteiger partial charge in [0, 0.05) is 38.0 Å². The Hall–Kier alpha value is -4.78. The number of carbonyl (C=O) groups is 1. The quantitative estimate of drug-likeness (QED) is 0.279. The lowest BCUT2D eigenvalue weighted by molar-refractivity contribution is -0.120. The van der Waals surface area contributed by atoms with Crippen molar-refractivity contribution in [1.82, 2.24) is 9.55 Å². The number of halogens is 2. The molecule has 0 aliphatic carbocycles. The highest BCUT2D eigenvalue weighted by Crippen LogP contribution is 2.40. The summed E-state index contributed by atoms with van der Waals surface area (Å²) in [5.41, 5.74) is 5.61. The van der Waals surface area contributed by atoms with Gasteiger partial charge >= 0.3 is 0 Å². The van der Waals surface area contributed by atoms with Gasteiger partial charge in [0.15, 0.2) is 11.6 Å². The normalized spacial score (nSPS) is 20.4. The molecule has 2 aliphatic heterocycles. The molecule has 0 saturated carbocycles. The van der Waals surface area contributed by atoms with E-state index in [-0.39, 0.29) is 30.0 Å². The number of oxime groups is 1. The average Bonchev–Trinajstić information content (AvgIpc) is 3.52. The van der Waals surface area contributed by atoms with Gasteiger partial charge in [-0.2, -0.15) is 5.26 Å². The average molecular weight is 569 g/mol. The van der Waals surface area contributed by atoms with Gasteiger partial charge in [-0.25, -0.2) is 13.8 Å². The SMILES string of the molecule is CC1=NOC(C)C1c1ccc2c(c1)nc([C@@H]1CCCC(=O)N1c1ccc(F)c(F)c1)n2-c1ccc(N(C)C)c(C#N)c1. The molecule has 3 aromatic carbocycles. The Balaban J connectivity index is 1.57. The second kappa shape index (κ2) is 10.6. The van der Waals surface area contributed by atoms with Crippen LogP contribution in [0.3, 0.4) is 0 Å². The predicted molar refractivity (Wildman–Crippen MR) is 157 cm³/mol. The van der Waals surface area contributed by atoms with Gasteiger partial charge in [0.1, 0.15) is 18.0 Å². The summed E-state index contributed by atoms with van der Waals surface area (Å²) in [7, 11) is 3.75. The van der Waals surface area contributed by atoms with E-state index in [1.165, 1.54) is 11.0 Å². The van der Waals surface area contributed by atoms with Crippen LogP contribution >= 0.6 is 0 Å². The summed E-state index contributed by atoms with van der Waals surface area (Å²) < 4.78 is 30.2. The van der Waals surface area contributed by atoms with Crippen LogP contribution in [-0.4, -0.2) is 41.4 Å². The van der Waals surface area contributed by atoms with Crippen LogP contribution < -0.4 is 9.80 Å². The molecule has 6 rings (SSSR count). The van der Waals surface area contributed by atoms with Crippen LogP contribution in [0.15, 0.2) is 59.8 Å². The number of hydrogen-bond donors (Lipinski definition) is 0. The highest BCUT2D eigenvalue weighted by Gasteiger charge is 2.36. The van der Waals surface area contributed by atoms with Gasteiger partial charge in [-0.3, -0.25) is 9.36 Å². The molecular formula is C32H30F2N6O2. The number of imidazole rings is 1. The number of benzene rings is 3. The fourth-order valence-corrected chi connectivity index (χ4v) is 6.16. The monoisotopic (exact) mass is 568 g/mol. The van der Waals surface area contributed by atoms with Gasteiger partial charge in [-0.05, 0) is 74.7 Å². The molecule has 0 spiro atoms. The largest absolute Gasteiger partial charge is 0.392 e. The molecule has 4 aromatic rings. The number of amides is 1. The number of nitriles is 1. The summed E-state index contributed by atoms with van der Waals surface area (Å²) in [6, 6.07) is 16.9. The van der Waals surface area contributed by atoms with E-state index in [0.717, 1.165) is 34.6 Å². The van der Waals surface area contributed by atoms with E-state index in [2.05, 4.69) is 11.2 Å². The third-order valence-electron chi connectivity index (χ3n) is 8.11. The summed E-state index contributed by atoms with van der Waals surface area (Å²) in [5, 5.41) is 14.1. The van der Waals surface area contributed by atoms with Crippen molar-refractivity contribution < 1.29 is 18.4 Å². The number of fused-ring (bicyclic) bond motifs is 1. The minimum absolute atomic E-state index is 0.0255. The molecule has 2 unspecified atom stereocenters. The zero-order chi connectivity index (χ0) is 29.7. The Labute approximate surface area is 242 Å². The lowest BCUT2D eigenvalue weighted by Crippen LogP contribution is -2.39. The summed E-state index contributed by atoms with van der Waals surface area (Å²) >= 11 is 0. The molecule has 10 heteroatoms. The first-order chi connectivity index (χ1) is 20.2. The Kier molecular flexibility index (Phi) is 6.89. The molecule has 1 saturated heterocycles. The van der Waals surface area contributed by atoms with Gasteiger partial charge in [0.25, 0.3) is 0 Å². The topological polar surface area (TPSA) is 86.8 Å². The van der Waals surface area contributed by atoms with Crippen LogP contribution in [0.5, 0.6) is 0 Å². The van der Waals surface area contributed by atoms with Crippen LogP contribution in [0.25, 0.3) is 16.7 Å². The molecule has 1 fully saturated rings. The number of aromatic nitrogens is 2. The standard InChI is InChI=1S/C32H30F2N6O2/c1-18-31(19(2)42-37-18)20-8-12-28-26(15-20)36-32(40(28)22-10-13-27(38(3)4)21(14-22)17-35)29-6-5-7-30(41)39(29)23-9-11-24(33)25(34)16-23/h8-16,19,29,31H,5-7H2,1-4H3/t19?,29-,31?/m0/s1. The van der Waals surface area contributed by atoms with Gasteiger partial charge in [-0.15, -0.1) is 0 Å². The first kappa shape index (κ1) is 27.4. The lowest BCUT2D eigenvalue weighted by atomic mass is 9.91. The maximum absolute atomic E-state index is 14.4. The number of piperidine rings is 1. The van der Waals surface area contributed by atoms with Crippen molar-refractivity contribution in [3.05, 3.63) is 83.2 Å². The molecular weight excluding hydrogens is 538 g/mol. The van der Waals surface area contributed by atoms with Crippen LogP contribution in [0.1, 0.15) is 62.0 Å². The third kappa shape index (κ3) is 4.55. The van der Waals surface area contributed by atoms with Crippen molar-refractivity contribution in [1.29, 1.82) is 5.26 Å². The Morgan fingerprint density at radius 3 is 2.52 bits per heavy atom. The summed E-state index contributed by atoms with van der Waals surface area (Å²) in [6.45, 7) is 3.91. The van der Waals surface area contributed by atoms with Gasteiger partial charge in [0.05, 0.1) is 40.0 Å². The minimum Gasteiger partial charge on any atom is -0.392 e. The van der Waals surface area contributed by atoms with Crippen LogP contribution in [0, 0.1) is 23.0 Å². The highest BCUT2D eigenvalue weighted by molar-refractivity contribution is 5.95. The first-order valence-electron chi connectivity index (χ1n) is 13.9. The summed E-state index contributed by atoms with van der Waals surface area (Å²) in [4.78, 5) is 27.4. The van der Waals surface area contributed by atoms with E-state index in [4.69, 9.17) is 9.82 Å². The minimum atomic E-state index is -1.02. The van der Waals surface area contributed by atoms with Crippen LogP contribution in [0.2, 0.25) is 0 Å². The number of hydrogen-bond acceptors (Lipinski definition) is 6. The van der Waals surface area contributed by atoms with Gasteiger partial charge in [-0.1, -0.05) is 11.2 Å². The van der Waals surface area contributed by atoms with Crippen molar-refractivity contribution in [3.8, 4) is 11.8 Å². The molecule has 0 radical (unpaired) electrons. The predicted octanol–water partition coefficient (Wildman–Crippen LogP) is 6.38. The van der Waals surface area contributed by atoms with E-state index in [1.54, 1.807) is 0 Å². The van der Waals surface area contributed by atoms with E-state index >= 15 is 0 Å². The van der Waals surface area contributed by atoms with Crippen molar-refractivity contribution in [2.24, 2.45) is 5.16 Å². The fourth-order valence-electron chi connectivity index (χ4n) is 6.16. The molecule has 8 nitrogen and oxygen atoms in total. The summed E-state index contributed by atoms with van der Waals surface area (Å²) in [5.74, 6) is -1.65. The van der Waals surface area contributed by atoms with Gasteiger partial charge < -0.3 is 14.6 Å². The fraction of sp³-hybridized carbons (Fsp3) is 0.312. The van der Waals surface area contributed by atoms with E-state index in [9.17, 15) is 18.8 Å². The Morgan fingerprint density at radius 2 is 1.83 bits per heavy atom. The van der Waals surface area contributed by atoms with E-state index < -0.39 is 17.7 Å². The third-order valence-corrected chi connectivity index (χ3v) is 8.11. The van der Waals surface area contributed by atoms with Crippen molar-refractivity contribution in [2.75, 3.05) is 23.9 Å². The summed E-state index contributed by atoms with van der Waals surface area (Å²) in [6.07, 6.45) is 1.35. The number of nitrogens with zero attached hydrogens (tertiary/aromatic N) is 6. The molecule has 214 valence electrons. The van der Waals surface area contributed by atoms with Gasteiger partial charge in [0.2, 0.25) is 5.91 Å². The Bertz CT molecular complexity index is 1790. The zero-order valence-electron chi connectivity index (χ0n) is 23.8. The maximum atomic E-state index is 14.4. The highest BCUT2D eigenvalue weighted by atomic mass is 19.2. The molecule has 1 amide bonds. The first-order valence-corrected chi connectivity index (χ1v) is 13.9. The zero-order valence-corrected chi connectivity index (χ0v) is 23.8. The molecule has 0 bridgehead atoms. The maximum Gasteiger partial charge on any atom is 0.227 e. The van der Waals surface area contributed by atoms with E-state index in [0.29, 0.717) is 35.4 Å². The molecule has 0 N–H and O–H groups in total. The van der Waals surface area contributed by atoms with Crippen molar-refractivity contribution in [3.63, 3.8) is 0 Å². The molecule has 3 atom stereocenters. The van der Waals surface area contributed by atoms with Crippen molar-refractivity contribution in [2.45, 2.75) is 51.2 Å². The lowest BCUT2D eigenvalue weighted by Gasteiger charge is -2.35. The Morgan fingerprint density at radius 1 is 1.05 bits per heavy atom. The number of carbonyl (C=O) groups excluding carboxylic acids is 1. The second-order valence-electron chi connectivity index (χ2n) is 11.1. The molecule has 42 heavy (non-hydrogen) atoms. The molecule has 2 aliphatic rings. The molecule has 1 aromatic heterocycles.